The third-order valence-electron chi connectivity index (χ3n) is 5.40. The fraction of sp³-hybridized carbons (Fsp3) is 0.700. The van der Waals surface area contributed by atoms with Gasteiger partial charge in [0.2, 0.25) is 10.0 Å². The first kappa shape index (κ1) is 21.4. The van der Waals surface area contributed by atoms with E-state index in [1.807, 2.05) is 12.1 Å². The zero-order chi connectivity index (χ0) is 19.6. The molecule has 1 aliphatic rings. The number of hydrogen-bond acceptors (Lipinski definition) is 4. The monoisotopic (exact) mass is 381 g/mol. The maximum atomic E-state index is 12.7. The largest absolute Gasteiger partial charge is 0.301 e. The van der Waals surface area contributed by atoms with Crippen LogP contribution in [0.15, 0.2) is 29.2 Å². The van der Waals surface area contributed by atoms with Gasteiger partial charge in [-0.1, -0.05) is 39.8 Å². The van der Waals surface area contributed by atoms with Gasteiger partial charge in [-0.15, -0.1) is 0 Å². The Morgan fingerprint density at radius 2 is 1.50 bits per heavy atom. The summed E-state index contributed by atoms with van der Waals surface area (Å²) in [5.41, 5.74) is 0.932. The minimum Gasteiger partial charge on any atom is -0.301 e. The lowest BCUT2D eigenvalue weighted by molar-refractivity contribution is 0.0571. The van der Waals surface area contributed by atoms with Crippen LogP contribution in [-0.4, -0.2) is 63.0 Å². The van der Waals surface area contributed by atoms with Gasteiger partial charge in [-0.05, 0) is 43.5 Å². The van der Waals surface area contributed by atoms with Crippen molar-refractivity contribution in [2.24, 2.45) is 0 Å². The molecule has 0 aromatic heterocycles. The highest BCUT2D eigenvalue weighted by molar-refractivity contribution is 7.89. The fourth-order valence-corrected chi connectivity index (χ4v) is 4.47. The molecular weight excluding hydrogens is 346 g/mol. The Hall–Kier alpha value is -0.950. The van der Waals surface area contributed by atoms with Crippen molar-refractivity contribution in [3.63, 3.8) is 0 Å². The summed E-state index contributed by atoms with van der Waals surface area (Å²) in [6, 6.07) is 7.22. The molecule has 0 amide bonds. The van der Waals surface area contributed by atoms with E-state index in [0.29, 0.717) is 11.4 Å². The lowest BCUT2D eigenvalue weighted by Gasteiger charge is -2.44. The Bertz CT molecular complexity index is 683. The van der Waals surface area contributed by atoms with Crippen molar-refractivity contribution in [3.8, 4) is 0 Å². The molecule has 6 heteroatoms. The molecule has 2 rings (SSSR count). The number of nitrogens with zero attached hydrogens (tertiary/aromatic N) is 2. The van der Waals surface area contributed by atoms with Gasteiger partial charge in [-0.2, -0.15) is 0 Å². The number of nitrogens with one attached hydrogen (secondary N) is 1. The van der Waals surface area contributed by atoms with Crippen LogP contribution in [0.1, 0.15) is 47.1 Å². The van der Waals surface area contributed by atoms with Crippen LogP contribution in [0, 0.1) is 0 Å². The van der Waals surface area contributed by atoms with Crippen molar-refractivity contribution in [3.05, 3.63) is 29.8 Å². The molecule has 1 N–H and O–H groups in total. The van der Waals surface area contributed by atoms with Crippen LogP contribution in [0.5, 0.6) is 0 Å². The summed E-state index contributed by atoms with van der Waals surface area (Å²) in [5, 5.41) is 0. The second-order valence-electron chi connectivity index (χ2n) is 8.83. The molecular formula is C20H35N3O2S. The molecule has 0 saturated carbocycles. The zero-order valence-electron chi connectivity index (χ0n) is 17.2. The van der Waals surface area contributed by atoms with E-state index in [1.165, 1.54) is 0 Å². The second-order valence-corrected chi connectivity index (χ2v) is 10.6. The number of likely N-dealkylation sites (N-methyl/N-ethyl adjacent to an activating group) is 1. The van der Waals surface area contributed by atoms with E-state index in [0.717, 1.165) is 38.3 Å². The molecule has 0 unspecified atom stereocenters. The van der Waals surface area contributed by atoms with Gasteiger partial charge in [0.1, 0.15) is 0 Å². The van der Waals surface area contributed by atoms with Gasteiger partial charge in [-0.3, -0.25) is 4.90 Å². The van der Waals surface area contributed by atoms with Gasteiger partial charge >= 0.3 is 0 Å². The van der Waals surface area contributed by atoms with Gasteiger partial charge in [0.05, 0.1) is 4.90 Å². The van der Waals surface area contributed by atoms with Crippen LogP contribution in [0.25, 0.3) is 0 Å². The van der Waals surface area contributed by atoms with Gasteiger partial charge in [-0.25, -0.2) is 13.1 Å². The highest BCUT2D eigenvalue weighted by Crippen LogP contribution is 2.24. The predicted octanol–water partition coefficient (Wildman–Crippen LogP) is 2.68. The third kappa shape index (κ3) is 5.28. The van der Waals surface area contributed by atoms with Gasteiger partial charge in [0, 0.05) is 38.3 Å². The van der Waals surface area contributed by atoms with Gasteiger partial charge in [0.25, 0.3) is 0 Å². The quantitative estimate of drug-likeness (QED) is 0.823. The SMILES string of the molecule is CCN1CCN(C(C)(C)CNS(=O)(=O)c2ccc(C(C)(C)C)cc2)CC1. The Labute approximate surface area is 159 Å². The molecule has 0 bridgehead atoms. The third-order valence-corrected chi connectivity index (χ3v) is 6.82. The average molecular weight is 382 g/mol. The minimum absolute atomic E-state index is 0.0122. The van der Waals surface area contributed by atoms with E-state index in [4.69, 9.17) is 0 Å². The average Bonchev–Trinajstić information content (AvgIpc) is 2.60. The van der Waals surface area contributed by atoms with E-state index in [2.05, 4.69) is 56.1 Å². The molecule has 1 heterocycles. The summed E-state index contributed by atoms with van der Waals surface area (Å²) >= 11 is 0. The molecule has 0 aliphatic carbocycles. The summed E-state index contributed by atoms with van der Waals surface area (Å²) in [7, 11) is -3.50. The summed E-state index contributed by atoms with van der Waals surface area (Å²) in [4.78, 5) is 5.13. The maximum absolute atomic E-state index is 12.7. The van der Waals surface area contributed by atoms with E-state index in [1.54, 1.807) is 12.1 Å². The predicted molar refractivity (Wildman–Crippen MR) is 108 cm³/mol. The number of sulfonamides is 1. The highest BCUT2D eigenvalue weighted by Gasteiger charge is 2.31. The standard InChI is InChI=1S/C20H35N3O2S/c1-7-22-12-14-23(15-13-22)20(5,6)16-21-26(24,25)18-10-8-17(9-11-18)19(2,3)4/h8-11,21H,7,12-16H2,1-6H3. The molecule has 5 nitrogen and oxygen atoms in total. The lowest BCUT2D eigenvalue weighted by Crippen LogP contribution is -2.58. The molecule has 1 aliphatic heterocycles. The summed E-state index contributed by atoms with van der Waals surface area (Å²) in [6.07, 6.45) is 0. The number of hydrogen-bond donors (Lipinski definition) is 1. The van der Waals surface area contributed by atoms with Crippen LogP contribution in [-0.2, 0) is 15.4 Å². The van der Waals surface area contributed by atoms with E-state index in [9.17, 15) is 8.42 Å². The molecule has 1 saturated heterocycles. The van der Waals surface area contributed by atoms with Crippen LogP contribution >= 0.6 is 0 Å². The molecule has 148 valence electrons. The molecule has 26 heavy (non-hydrogen) atoms. The normalized spacial score (nSPS) is 18.2. The van der Waals surface area contributed by atoms with Gasteiger partial charge < -0.3 is 4.90 Å². The van der Waals surface area contributed by atoms with Crippen molar-refractivity contribution in [1.29, 1.82) is 0 Å². The fourth-order valence-electron chi connectivity index (χ4n) is 3.27. The molecule has 0 atom stereocenters. The summed E-state index contributed by atoms with van der Waals surface area (Å²) in [5.74, 6) is 0. The molecule has 0 spiro atoms. The van der Waals surface area contributed by atoms with Crippen LogP contribution in [0.2, 0.25) is 0 Å². The summed E-state index contributed by atoms with van der Waals surface area (Å²) < 4.78 is 28.2. The first-order valence-electron chi connectivity index (χ1n) is 9.53. The second kappa shape index (κ2) is 7.97. The zero-order valence-corrected chi connectivity index (χ0v) is 18.0. The molecule has 0 radical (unpaired) electrons. The highest BCUT2D eigenvalue weighted by atomic mass is 32.2. The molecule has 1 aromatic carbocycles. The first-order valence-corrected chi connectivity index (χ1v) is 11.0. The molecule has 1 fully saturated rings. The van der Waals surface area contributed by atoms with Crippen LogP contribution < -0.4 is 4.72 Å². The number of piperazine rings is 1. The van der Waals surface area contributed by atoms with Gasteiger partial charge in [0.15, 0.2) is 0 Å². The lowest BCUT2D eigenvalue weighted by atomic mass is 9.87. The maximum Gasteiger partial charge on any atom is 0.240 e. The number of rotatable bonds is 6. The first-order chi connectivity index (χ1) is 12.0. The Morgan fingerprint density at radius 3 is 1.96 bits per heavy atom. The molecule has 1 aromatic rings. The Balaban J connectivity index is 2.00. The topological polar surface area (TPSA) is 52.6 Å². The van der Waals surface area contributed by atoms with E-state index >= 15 is 0 Å². The minimum atomic E-state index is -3.50. The number of benzene rings is 1. The van der Waals surface area contributed by atoms with Crippen molar-refractivity contribution in [2.45, 2.75) is 57.4 Å². The Morgan fingerprint density at radius 1 is 0.962 bits per heavy atom. The van der Waals surface area contributed by atoms with E-state index < -0.39 is 10.0 Å². The Kier molecular flexibility index (Phi) is 6.54. The van der Waals surface area contributed by atoms with Crippen molar-refractivity contribution < 1.29 is 8.42 Å². The van der Waals surface area contributed by atoms with E-state index in [-0.39, 0.29) is 11.0 Å². The van der Waals surface area contributed by atoms with Crippen molar-refractivity contribution >= 4 is 10.0 Å². The summed E-state index contributed by atoms with van der Waals surface area (Å²) in [6.45, 7) is 18.3. The van der Waals surface area contributed by atoms with Crippen LogP contribution in [0.4, 0.5) is 0 Å². The van der Waals surface area contributed by atoms with Crippen molar-refractivity contribution in [1.82, 2.24) is 14.5 Å². The van der Waals surface area contributed by atoms with Crippen molar-refractivity contribution in [2.75, 3.05) is 39.3 Å². The van der Waals surface area contributed by atoms with Crippen LogP contribution in [0.3, 0.4) is 0 Å². The smallest absolute Gasteiger partial charge is 0.240 e.